The lowest BCUT2D eigenvalue weighted by Crippen LogP contribution is -2.37. The van der Waals surface area contributed by atoms with Crippen LogP contribution >= 0.6 is 0 Å². The molecule has 1 saturated heterocycles. The van der Waals surface area contributed by atoms with Crippen LogP contribution in [0.5, 0.6) is 0 Å². The summed E-state index contributed by atoms with van der Waals surface area (Å²) < 4.78 is 0. The van der Waals surface area contributed by atoms with Crippen molar-refractivity contribution >= 4 is 17.3 Å². The first kappa shape index (κ1) is 12.7. The Kier molecular flexibility index (Phi) is 3.72. The van der Waals surface area contributed by atoms with E-state index in [-0.39, 0.29) is 18.1 Å². The maximum Gasteiger partial charge on any atom is 0.335 e. The lowest BCUT2D eigenvalue weighted by molar-refractivity contribution is 0.0697. The van der Waals surface area contributed by atoms with Crippen molar-refractivity contribution in [2.75, 3.05) is 30.3 Å². The van der Waals surface area contributed by atoms with Crippen molar-refractivity contribution in [1.82, 2.24) is 0 Å². The smallest absolute Gasteiger partial charge is 0.335 e. The minimum Gasteiger partial charge on any atom is -0.478 e. The maximum atomic E-state index is 10.8. The van der Waals surface area contributed by atoms with E-state index in [0.717, 1.165) is 31.6 Å². The number of nitrogens with zero attached hydrogens (tertiary/aromatic N) is 1. The number of carboxylic acid groups (broad SMARTS) is 1. The molecule has 4 N–H and O–H groups in total. The Bertz CT molecular complexity index is 448. The monoisotopic (exact) mass is 250 g/mol. The fraction of sp³-hybridized carbons (Fsp3) is 0.462. The highest BCUT2D eigenvalue weighted by atomic mass is 16.4. The molecule has 0 saturated carbocycles. The molecule has 1 heterocycles. The second-order valence-electron chi connectivity index (χ2n) is 4.72. The van der Waals surface area contributed by atoms with Gasteiger partial charge in [0, 0.05) is 19.7 Å². The van der Waals surface area contributed by atoms with Crippen LogP contribution in [-0.2, 0) is 0 Å². The number of aliphatic hydroxyl groups excluding tert-OH is 1. The lowest BCUT2D eigenvalue weighted by Gasteiger charge is -2.34. The topological polar surface area (TPSA) is 86.8 Å². The molecule has 5 nitrogen and oxygen atoms in total. The molecule has 1 aliphatic heterocycles. The van der Waals surface area contributed by atoms with Gasteiger partial charge >= 0.3 is 5.97 Å². The van der Waals surface area contributed by atoms with Gasteiger partial charge in [0.2, 0.25) is 0 Å². The molecular formula is C13H18N2O3. The Morgan fingerprint density at radius 2 is 2.28 bits per heavy atom. The number of aromatic carboxylic acids is 1. The third kappa shape index (κ3) is 2.56. The number of rotatable bonds is 3. The number of piperidine rings is 1. The van der Waals surface area contributed by atoms with Gasteiger partial charge in [-0.05, 0) is 37.0 Å². The second-order valence-corrected chi connectivity index (χ2v) is 4.72. The Morgan fingerprint density at radius 1 is 1.50 bits per heavy atom. The number of carbonyl (C=O) groups is 1. The predicted molar refractivity (Wildman–Crippen MR) is 69.8 cm³/mol. The van der Waals surface area contributed by atoms with Crippen LogP contribution in [0, 0.1) is 5.92 Å². The first-order valence-electron chi connectivity index (χ1n) is 6.10. The molecule has 1 atom stereocenters. The number of benzene rings is 1. The number of hydrogen-bond donors (Lipinski definition) is 3. The van der Waals surface area contributed by atoms with Crippen LogP contribution in [0.15, 0.2) is 18.2 Å². The summed E-state index contributed by atoms with van der Waals surface area (Å²) in [6, 6.07) is 4.80. The van der Waals surface area contributed by atoms with Crippen molar-refractivity contribution in [2.24, 2.45) is 5.92 Å². The first-order chi connectivity index (χ1) is 8.61. The summed E-state index contributed by atoms with van der Waals surface area (Å²) in [4.78, 5) is 13.0. The van der Waals surface area contributed by atoms with E-state index in [2.05, 4.69) is 4.90 Å². The third-order valence-electron chi connectivity index (χ3n) is 3.39. The highest BCUT2D eigenvalue weighted by Gasteiger charge is 2.21. The van der Waals surface area contributed by atoms with Gasteiger partial charge in [0.05, 0.1) is 16.9 Å². The summed E-state index contributed by atoms with van der Waals surface area (Å²) in [5.74, 6) is -0.697. The molecule has 5 heteroatoms. The summed E-state index contributed by atoms with van der Waals surface area (Å²) in [7, 11) is 0. The van der Waals surface area contributed by atoms with E-state index in [1.165, 1.54) is 6.07 Å². The molecule has 0 aliphatic carbocycles. The maximum absolute atomic E-state index is 10.8. The van der Waals surface area contributed by atoms with Gasteiger partial charge in [-0.1, -0.05) is 0 Å². The van der Waals surface area contributed by atoms with E-state index in [1.807, 2.05) is 0 Å². The van der Waals surface area contributed by atoms with E-state index in [1.54, 1.807) is 12.1 Å². The van der Waals surface area contributed by atoms with Gasteiger partial charge in [0.1, 0.15) is 0 Å². The van der Waals surface area contributed by atoms with E-state index >= 15 is 0 Å². The van der Waals surface area contributed by atoms with E-state index in [0.29, 0.717) is 5.69 Å². The molecule has 1 aliphatic rings. The molecule has 1 unspecified atom stereocenters. The largest absolute Gasteiger partial charge is 0.478 e. The van der Waals surface area contributed by atoms with Gasteiger partial charge < -0.3 is 20.8 Å². The minimum absolute atomic E-state index is 0.184. The second kappa shape index (κ2) is 5.27. The molecule has 18 heavy (non-hydrogen) atoms. The quantitative estimate of drug-likeness (QED) is 0.701. The summed E-state index contributed by atoms with van der Waals surface area (Å²) in [5.41, 5.74) is 7.45. The third-order valence-corrected chi connectivity index (χ3v) is 3.39. The number of carboxylic acids is 1. The average molecular weight is 250 g/mol. The zero-order valence-corrected chi connectivity index (χ0v) is 10.2. The van der Waals surface area contributed by atoms with Gasteiger partial charge in [0.15, 0.2) is 0 Å². The van der Waals surface area contributed by atoms with Crippen LogP contribution in [0.25, 0.3) is 0 Å². The van der Waals surface area contributed by atoms with Gasteiger partial charge in [0.25, 0.3) is 0 Å². The Labute approximate surface area is 106 Å². The van der Waals surface area contributed by atoms with Crippen molar-refractivity contribution in [1.29, 1.82) is 0 Å². The normalized spacial score (nSPS) is 19.8. The highest BCUT2D eigenvalue weighted by Crippen LogP contribution is 2.28. The molecule has 0 bridgehead atoms. The summed E-state index contributed by atoms with van der Waals surface area (Å²) in [6.45, 7) is 1.85. The summed E-state index contributed by atoms with van der Waals surface area (Å²) >= 11 is 0. The van der Waals surface area contributed by atoms with Gasteiger partial charge in [-0.25, -0.2) is 4.79 Å². The Morgan fingerprint density at radius 3 is 2.89 bits per heavy atom. The zero-order valence-electron chi connectivity index (χ0n) is 10.2. The summed E-state index contributed by atoms with van der Waals surface area (Å²) in [5, 5.41) is 18.1. The number of aliphatic hydroxyl groups is 1. The standard InChI is InChI=1S/C13H18N2O3/c14-11-6-10(13(17)18)3-4-12(11)15-5-1-2-9(7-15)8-16/h3-4,6,9,16H,1-2,5,7-8,14H2,(H,17,18). The highest BCUT2D eigenvalue weighted by molar-refractivity contribution is 5.90. The molecule has 98 valence electrons. The Balaban J connectivity index is 2.20. The van der Waals surface area contributed by atoms with Crippen LogP contribution in [0.1, 0.15) is 23.2 Å². The van der Waals surface area contributed by atoms with Crippen molar-refractivity contribution in [3.63, 3.8) is 0 Å². The number of nitrogens with two attached hydrogens (primary N) is 1. The van der Waals surface area contributed by atoms with E-state index in [9.17, 15) is 9.90 Å². The molecular weight excluding hydrogens is 232 g/mol. The number of nitrogen functional groups attached to an aromatic ring is 1. The van der Waals surface area contributed by atoms with Crippen LogP contribution in [0.2, 0.25) is 0 Å². The van der Waals surface area contributed by atoms with Gasteiger partial charge in [-0.15, -0.1) is 0 Å². The molecule has 1 aromatic carbocycles. The average Bonchev–Trinajstić information content (AvgIpc) is 2.38. The molecule has 0 aromatic heterocycles. The number of anilines is 2. The Hall–Kier alpha value is -1.75. The van der Waals surface area contributed by atoms with Crippen molar-refractivity contribution in [3.8, 4) is 0 Å². The fourth-order valence-corrected chi connectivity index (χ4v) is 2.41. The fourth-order valence-electron chi connectivity index (χ4n) is 2.41. The van der Waals surface area contributed by atoms with Gasteiger partial charge in [-0.2, -0.15) is 0 Å². The molecule has 1 aromatic rings. The molecule has 0 amide bonds. The zero-order chi connectivity index (χ0) is 13.1. The minimum atomic E-state index is -0.972. The van der Waals surface area contributed by atoms with E-state index < -0.39 is 5.97 Å². The predicted octanol–water partition coefficient (Wildman–Crippen LogP) is 1.18. The van der Waals surface area contributed by atoms with Crippen LogP contribution in [0.3, 0.4) is 0 Å². The first-order valence-corrected chi connectivity index (χ1v) is 6.10. The van der Waals surface area contributed by atoms with Crippen molar-refractivity contribution in [2.45, 2.75) is 12.8 Å². The van der Waals surface area contributed by atoms with E-state index in [4.69, 9.17) is 10.8 Å². The molecule has 0 radical (unpaired) electrons. The SMILES string of the molecule is Nc1cc(C(=O)O)ccc1N1CCCC(CO)C1. The van der Waals surface area contributed by atoms with Crippen LogP contribution < -0.4 is 10.6 Å². The molecule has 0 spiro atoms. The summed E-state index contributed by atoms with van der Waals surface area (Å²) in [6.07, 6.45) is 2.05. The lowest BCUT2D eigenvalue weighted by atomic mass is 9.98. The van der Waals surface area contributed by atoms with Crippen molar-refractivity contribution < 1.29 is 15.0 Å². The number of hydrogen-bond acceptors (Lipinski definition) is 4. The molecule has 1 fully saturated rings. The van der Waals surface area contributed by atoms with Gasteiger partial charge in [-0.3, -0.25) is 0 Å². The van der Waals surface area contributed by atoms with Crippen LogP contribution in [-0.4, -0.2) is 35.9 Å². The molecule has 2 rings (SSSR count). The van der Waals surface area contributed by atoms with Crippen LogP contribution in [0.4, 0.5) is 11.4 Å². The van der Waals surface area contributed by atoms with Crippen molar-refractivity contribution in [3.05, 3.63) is 23.8 Å².